The minimum atomic E-state index is -0.111. The fourth-order valence-corrected chi connectivity index (χ4v) is 3.36. The number of nitrogens with zero attached hydrogens (tertiary/aromatic N) is 1. The molecule has 2 N–H and O–H groups in total. The highest BCUT2D eigenvalue weighted by molar-refractivity contribution is 7.14. The first-order valence-corrected chi connectivity index (χ1v) is 8.25. The quantitative estimate of drug-likeness (QED) is 0.759. The van der Waals surface area contributed by atoms with Crippen LogP contribution in [-0.2, 0) is 11.3 Å². The average molecular weight is 325 g/mol. The van der Waals surface area contributed by atoms with Crippen molar-refractivity contribution in [3.8, 4) is 11.3 Å². The Labute approximate surface area is 137 Å². The molecule has 1 aliphatic rings. The van der Waals surface area contributed by atoms with Gasteiger partial charge in [0.1, 0.15) is 5.76 Å². The number of anilines is 2. The number of benzene rings is 1. The van der Waals surface area contributed by atoms with Gasteiger partial charge in [0.25, 0.3) is 0 Å². The maximum absolute atomic E-state index is 11.7. The van der Waals surface area contributed by atoms with Crippen molar-refractivity contribution in [2.24, 2.45) is 0 Å². The maximum Gasteiger partial charge on any atom is 0.231 e. The summed E-state index contributed by atoms with van der Waals surface area (Å²) in [7, 11) is 0. The summed E-state index contributed by atoms with van der Waals surface area (Å²) in [5.41, 5.74) is 3.86. The Hall–Kier alpha value is -2.60. The summed E-state index contributed by atoms with van der Waals surface area (Å²) in [5, 5.41) is 9.00. The highest BCUT2D eigenvalue weighted by atomic mass is 32.1. The lowest BCUT2D eigenvalue weighted by atomic mass is 10.00. The number of hydrogen-bond donors (Lipinski definition) is 2. The van der Waals surface area contributed by atoms with Crippen LogP contribution in [0.4, 0.5) is 10.8 Å². The number of hydrogen-bond acceptors (Lipinski definition) is 5. The molecule has 0 spiro atoms. The van der Waals surface area contributed by atoms with Crippen LogP contribution < -0.4 is 10.6 Å². The lowest BCUT2D eigenvalue weighted by molar-refractivity contribution is -0.116. The van der Waals surface area contributed by atoms with Crippen LogP contribution in [0.1, 0.15) is 24.2 Å². The van der Waals surface area contributed by atoms with Crippen molar-refractivity contribution in [2.75, 3.05) is 10.6 Å². The summed E-state index contributed by atoms with van der Waals surface area (Å²) in [6.07, 6.45) is 1.66. The molecule has 3 heterocycles. The zero-order valence-corrected chi connectivity index (χ0v) is 13.3. The Morgan fingerprint density at radius 1 is 1.39 bits per heavy atom. The van der Waals surface area contributed by atoms with Gasteiger partial charge in [-0.05, 0) is 36.8 Å². The molecule has 0 saturated carbocycles. The van der Waals surface area contributed by atoms with Gasteiger partial charge in [0.15, 0.2) is 5.13 Å². The Bertz CT molecular complexity index is 855. The van der Waals surface area contributed by atoms with Crippen LogP contribution in [0.25, 0.3) is 11.3 Å². The number of aromatic nitrogens is 1. The van der Waals surface area contributed by atoms with Crippen LogP contribution in [0.2, 0.25) is 0 Å². The Kier molecular flexibility index (Phi) is 3.38. The summed E-state index contributed by atoms with van der Waals surface area (Å²) >= 11 is 1.55. The van der Waals surface area contributed by atoms with Gasteiger partial charge in [0.05, 0.1) is 24.4 Å². The molecule has 0 bridgehead atoms. The number of furan rings is 1. The smallest absolute Gasteiger partial charge is 0.231 e. The van der Waals surface area contributed by atoms with Gasteiger partial charge >= 0.3 is 0 Å². The molecule has 6 heteroatoms. The van der Waals surface area contributed by atoms with Crippen molar-refractivity contribution in [3.63, 3.8) is 0 Å². The molecule has 3 aromatic rings. The third-order valence-corrected chi connectivity index (χ3v) is 4.76. The summed E-state index contributed by atoms with van der Waals surface area (Å²) in [6.45, 7) is 2.53. The van der Waals surface area contributed by atoms with E-state index in [1.165, 1.54) is 0 Å². The number of thiazole rings is 1. The van der Waals surface area contributed by atoms with E-state index in [9.17, 15) is 4.79 Å². The van der Waals surface area contributed by atoms with E-state index in [1.54, 1.807) is 17.6 Å². The van der Waals surface area contributed by atoms with E-state index >= 15 is 0 Å². The summed E-state index contributed by atoms with van der Waals surface area (Å²) in [6, 6.07) is 9.77. The molecule has 0 saturated heterocycles. The highest BCUT2D eigenvalue weighted by Gasteiger charge is 2.26. The molecule has 1 aromatic carbocycles. The largest absolute Gasteiger partial charge is 0.467 e. The van der Waals surface area contributed by atoms with Gasteiger partial charge in [-0.2, -0.15) is 0 Å². The molecule has 1 aliphatic heterocycles. The van der Waals surface area contributed by atoms with Crippen LogP contribution in [0.15, 0.2) is 46.4 Å². The van der Waals surface area contributed by atoms with E-state index < -0.39 is 0 Å². The average Bonchev–Trinajstić information content (AvgIpc) is 3.28. The fraction of sp³-hybridized carbons (Fsp3) is 0.176. The molecule has 116 valence electrons. The van der Waals surface area contributed by atoms with Gasteiger partial charge in [-0.15, -0.1) is 11.3 Å². The van der Waals surface area contributed by atoms with E-state index in [4.69, 9.17) is 4.42 Å². The maximum atomic E-state index is 11.7. The minimum absolute atomic E-state index is 0.0521. The number of nitrogens with one attached hydrogen (secondary N) is 2. The van der Waals surface area contributed by atoms with E-state index in [-0.39, 0.29) is 11.8 Å². The molecule has 0 unspecified atom stereocenters. The summed E-state index contributed by atoms with van der Waals surface area (Å²) in [5.74, 6) is 0.814. The fourth-order valence-electron chi connectivity index (χ4n) is 2.64. The SMILES string of the molecule is C[C@@H]1C(=O)Nc2ccc(-c3csc(NCc4ccco4)n3)cc21. The number of carbonyl (C=O) groups is 1. The minimum Gasteiger partial charge on any atom is -0.467 e. The number of carbonyl (C=O) groups excluding carboxylic acids is 1. The van der Waals surface area contributed by atoms with E-state index in [0.29, 0.717) is 6.54 Å². The van der Waals surface area contributed by atoms with Gasteiger partial charge in [0, 0.05) is 16.6 Å². The van der Waals surface area contributed by atoms with Gasteiger partial charge in [0.2, 0.25) is 5.91 Å². The highest BCUT2D eigenvalue weighted by Crippen LogP contribution is 2.36. The number of rotatable bonds is 4. The molecular formula is C17H15N3O2S. The molecule has 1 atom stereocenters. The van der Waals surface area contributed by atoms with Crippen LogP contribution in [-0.4, -0.2) is 10.9 Å². The van der Waals surface area contributed by atoms with E-state index in [1.807, 2.05) is 42.6 Å². The molecule has 0 fully saturated rings. The van der Waals surface area contributed by atoms with Crippen molar-refractivity contribution < 1.29 is 9.21 Å². The Balaban J connectivity index is 1.54. The van der Waals surface area contributed by atoms with Crippen molar-refractivity contribution in [1.29, 1.82) is 0 Å². The van der Waals surface area contributed by atoms with Crippen molar-refractivity contribution in [3.05, 3.63) is 53.3 Å². The monoisotopic (exact) mass is 325 g/mol. The summed E-state index contributed by atoms with van der Waals surface area (Å²) < 4.78 is 5.29. The first-order chi connectivity index (χ1) is 11.2. The second kappa shape index (κ2) is 5.55. The Morgan fingerprint density at radius 3 is 3.13 bits per heavy atom. The van der Waals surface area contributed by atoms with E-state index in [2.05, 4.69) is 15.6 Å². The first-order valence-electron chi connectivity index (χ1n) is 7.37. The van der Waals surface area contributed by atoms with Gasteiger partial charge in [-0.25, -0.2) is 4.98 Å². The molecule has 4 rings (SSSR count). The van der Waals surface area contributed by atoms with Crippen molar-refractivity contribution in [2.45, 2.75) is 19.4 Å². The van der Waals surface area contributed by atoms with Crippen LogP contribution in [0.3, 0.4) is 0 Å². The normalized spacial score (nSPS) is 16.2. The number of fused-ring (bicyclic) bond motifs is 1. The molecule has 0 aliphatic carbocycles. The number of amides is 1. The second-order valence-corrected chi connectivity index (χ2v) is 6.34. The second-order valence-electron chi connectivity index (χ2n) is 5.48. The summed E-state index contributed by atoms with van der Waals surface area (Å²) in [4.78, 5) is 16.3. The Morgan fingerprint density at radius 2 is 2.30 bits per heavy atom. The first kappa shape index (κ1) is 14.0. The van der Waals surface area contributed by atoms with Gasteiger partial charge in [-0.3, -0.25) is 4.79 Å². The predicted molar refractivity (Wildman–Crippen MR) is 90.6 cm³/mol. The zero-order valence-electron chi connectivity index (χ0n) is 12.5. The molecule has 2 aromatic heterocycles. The molecule has 1 amide bonds. The molecule has 23 heavy (non-hydrogen) atoms. The predicted octanol–water partition coefficient (Wildman–Crippen LogP) is 4.07. The van der Waals surface area contributed by atoms with Crippen LogP contribution in [0.5, 0.6) is 0 Å². The topological polar surface area (TPSA) is 67.2 Å². The standard InChI is InChI=1S/C17H15N3O2S/c1-10-13-7-11(4-5-14(13)19-16(10)21)15-9-23-17(20-15)18-8-12-3-2-6-22-12/h2-7,9-10H,8H2,1H3,(H,18,20)(H,19,21)/t10-/m0/s1. The molecule has 5 nitrogen and oxygen atoms in total. The lowest BCUT2D eigenvalue weighted by Gasteiger charge is -2.04. The zero-order chi connectivity index (χ0) is 15.8. The van der Waals surface area contributed by atoms with E-state index in [0.717, 1.165) is 33.4 Å². The lowest BCUT2D eigenvalue weighted by Crippen LogP contribution is -2.08. The third-order valence-electron chi connectivity index (χ3n) is 3.96. The molecule has 0 radical (unpaired) electrons. The molecular weight excluding hydrogens is 310 g/mol. The van der Waals surface area contributed by atoms with Crippen LogP contribution in [0, 0.1) is 0 Å². The van der Waals surface area contributed by atoms with Gasteiger partial charge < -0.3 is 15.1 Å². The van der Waals surface area contributed by atoms with Crippen molar-refractivity contribution >= 4 is 28.1 Å². The third kappa shape index (κ3) is 2.61. The van der Waals surface area contributed by atoms with Crippen LogP contribution >= 0.6 is 11.3 Å². The van der Waals surface area contributed by atoms with Crippen molar-refractivity contribution in [1.82, 2.24) is 4.98 Å². The van der Waals surface area contributed by atoms with Gasteiger partial charge in [-0.1, -0.05) is 6.07 Å².